The molecule has 1 aliphatic heterocycles. The van der Waals surface area contributed by atoms with Crippen LogP contribution in [0.4, 0.5) is 0 Å². The van der Waals surface area contributed by atoms with E-state index in [9.17, 15) is 9.59 Å². The van der Waals surface area contributed by atoms with Crippen LogP contribution in [0.5, 0.6) is 0 Å². The van der Waals surface area contributed by atoms with Gasteiger partial charge in [-0.05, 0) is 6.92 Å². The van der Waals surface area contributed by atoms with Crippen LogP contribution < -0.4 is 3.53 Å². The summed E-state index contributed by atoms with van der Waals surface area (Å²) in [5.41, 5.74) is 0. The summed E-state index contributed by atoms with van der Waals surface area (Å²) in [6.45, 7) is 2.06. The third-order valence-electron chi connectivity index (χ3n) is 1.97. The number of hydrogen-bond acceptors (Lipinski definition) is 5. The number of ether oxygens (including phenoxy) is 1. The van der Waals surface area contributed by atoms with Crippen LogP contribution in [-0.4, -0.2) is 35.4 Å². The normalized spacial score (nSPS) is 23.3. The summed E-state index contributed by atoms with van der Waals surface area (Å²) in [5.74, 6) is 0.571. The summed E-state index contributed by atoms with van der Waals surface area (Å²) in [6.07, 6.45) is 0.759. The quantitative estimate of drug-likeness (QED) is 0.462. The van der Waals surface area contributed by atoms with Crippen molar-refractivity contribution >= 4 is 46.4 Å². The first-order valence-corrected chi connectivity index (χ1v) is 6.42. The molecule has 1 heterocycles. The van der Waals surface area contributed by atoms with Crippen molar-refractivity contribution in [2.45, 2.75) is 24.6 Å². The van der Waals surface area contributed by atoms with Gasteiger partial charge in [0.05, 0.1) is 12.6 Å². The summed E-state index contributed by atoms with van der Waals surface area (Å²) in [4.78, 5) is 22.2. The Morgan fingerprint density at radius 2 is 2.57 bits per heavy atom. The highest BCUT2D eigenvalue weighted by Gasteiger charge is 2.28. The lowest BCUT2D eigenvalue weighted by molar-refractivity contribution is -0.137. The molecule has 4 nitrogen and oxygen atoms in total. The second kappa shape index (κ2) is 5.92. The summed E-state index contributed by atoms with van der Waals surface area (Å²) in [7, 11) is 0. The molecule has 1 rings (SSSR count). The van der Waals surface area contributed by atoms with Crippen LogP contribution in [0.1, 0.15) is 13.3 Å². The van der Waals surface area contributed by atoms with Gasteiger partial charge in [0.2, 0.25) is 0 Å². The third kappa shape index (κ3) is 3.39. The predicted molar refractivity (Wildman–Crippen MR) is 63.4 cm³/mol. The van der Waals surface area contributed by atoms with Gasteiger partial charge in [0.15, 0.2) is 0 Å². The molecule has 0 aromatic carbocycles. The van der Waals surface area contributed by atoms with Gasteiger partial charge < -0.3 is 4.74 Å². The average molecular weight is 329 g/mol. The molecule has 1 saturated heterocycles. The van der Waals surface area contributed by atoms with Crippen LogP contribution in [0.3, 0.4) is 0 Å². The first-order valence-electron chi connectivity index (χ1n) is 4.30. The van der Waals surface area contributed by atoms with Crippen molar-refractivity contribution in [1.29, 1.82) is 0 Å². The SMILES string of the molecule is CC(=O)[C@H](CSC1CCOC1=O)NI. The second-order valence-electron chi connectivity index (χ2n) is 3.05. The molecule has 1 N–H and O–H groups in total. The minimum atomic E-state index is -0.172. The number of carbonyl (C=O) groups excluding carboxylic acids is 2. The highest BCUT2D eigenvalue weighted by atomic mass is 127. The topological polar surface area (TPSA) is 55.4 Å². The maximum atomic E-state index is 11.1. The maximum Gasteiger partial charge on any atom is 0.319 e. The predicted octanol–water partition coefficient (Wildman–Crippen LogP) is 0.932. The Morgan fingerprint density at radius 1 is 1.86 bits per heavy atom. The maximum absolute atomic E-state index is 11.1. The molecule has 2 atom stereocenters. The molecule has 1 aliphatic rings. The minimum absolute atomic E-state index is 0.0819. The van der Waals surface area contributed by atoms with E-state index in [1.165, 1.54) is 11.8 Å². The third-order valence-corrected chi connectivity index (χ3v) is 4.08. The van der Waals surface area contributed by atoms with Gasteiger partial charge in [-0.15, -0.1) is 11.8 Å². The number of halogens is 1. The van der Waals surface area contributed by atoms with Crippen molar-refractivity contribution in [3.05, 3.63) is 0 Å². The van der Waals surface area contributed by atoms with E-state index in [0.717, 1.165) is 6.42 Å². The fourth-order valence-corrected chi connectivity index (χ4v) is 3.23. The van der Waals surface area contributed by atoms with Crippen molar-refractivity contribution in [1.82, 2.24) is 3.53 Å². The van der Waals surface area contributed by atoms with Gasteiger partial charge in [-0.3, -0.25) is 9.59 Å². The van der Waals surface area contributed by atoms with E-state index in [1.54, 1.807) is 6.92 Å². The van der Waals surface area contributed by atoms with Crippen molar-refractivity contribution in [3.63, 3.8) is 0 Å². The van der Waals surface area contributed by atoms with E-state index in [-0.39, 0.29) is 23.0 Å². The van der Waals surface area contributed by atoms with Gasteiger partial charge in [-0.25, -0.2) is 3.53 Å². The Bertz CT molecular complexity index is 235. The first kappa shape index (κ1) is 12.3. The second-order valence-corrected chi connectivity index (χ2v) is 4.91. The largest absolute Gasteiger partial charge is 0.465 e. The number of ketones is 1. The van der Waals surface area contributed by atoms with E-state index >= 15 is 0 Å². The van der Waals surface area contributed by atoms with E-state index in [0.29, 0.717) is 12.4 Å². The lowest BCUT2D eigenvalue weighted by Gasteiger charge is -2.12. The number of cyclic esters (lactones) is 1. The van der Waals surface area contributed by atoms with E-state index < -0.39 is 0 Å². The summed E-state index contributed by atoms with van der Waals surface area (Å²) in [5, 5.41) is -0.0819. The highest BCUT2D eigenvalue weighted by Crippen LogP contribution is 2.22. The smallest absolute Gasteiger partial charge is 0.319 e. The van der Waals surface area contributed by atoms with Crippen LogP contribution in [0, 0.1) is 0 Å². The zero-order valence-electron chi connectivity index (χ0n) is 7.79. The monoisotopic (exact) mass is 329 g/mol. The van der Waals surface area contributed by atoms with Gasteiger partial charge in [-0.2, -0.15) is 0 Å². The Balaban J connectivity index is 2.31. The Morgan fingerprint density at radius 3 is 3.00 bits per heavy atom. The van der Waals surface area contributed by atoms with Gasteiger partial charge in [0.25, 0.3) is 0 Å². The first-order chi connectivity index (χ1) is 6.65. The van der Waals surface area contributed by atoms with Gasteiger partial charge in [0.1, 0.15) is 11.0 Å². The van der Waals surface area contributed by atoms with Crippen molar-refractivity contribution in [3.8, 4) is 0 Å². The molecule has 1 fully saturated rings. The number of rotatable bonds is 5. The molecule has 0 aromatic rings. The summed E-state index contributed by atoms with van der Waals surface area (Å²) < 4.78 is 7.71. The minimum Gasteiger partial charge on any atom is -0.465 e. The fraction of sp³-hybridized carbons (Fsp3) is 0.750. The average Bonchev–Trinajstić information content (AvgIpc) is 2.52. The molecule has 0 aliphatic carbocycles. The number of Topliss-reactive ketones (excluding diaryl/α,β-unsaturated/α-hetero) is 1. The number of nitrogens with one attached hydrogen (secondary N) is 1. The lowest BCUT2D eigenvalue weighted by atomic mass is 10.3. The van der Waals surface area contributed by atoms with Crippen LogP contribution in [0.25, 0.3) is 0 Å². The standard InChI is InChI=1S/C8H12INO3S/c1-5(11)6(10-9)4-14-7-2-3-13-8(7)12/h6-7,10H,2-4H2,1H3/t6-,7?/m0/s1. The summed E-state index contributed by atoms with van der Waals surface area (Å²) >= 11 is 3.45. The van der Waals surface area contributed by atoms with Crippen molar-refractivity contribution in [2.75, 3.05) is 12.4 Å². The molecule has 0 bridgehead atoms. The number of hydrogen-bond donors (Lipinski definition) is 1. The zero-order chi connectivity index (χ0) is 10.6. The van der Waals surface area contributed by atoms with Gasteiger partial charge in [-0.1, -0.05) is 0 Å². The molecule has 0 spiro atoms. The van der Waals surface area contributed by atoms with Crippen LogP contribution >= 0.6 is 34.6 Å². The van der Waals surface area contributed by atoms with E-state index in [2.05, 4.69) is 3.53 Å². The van der Waals surface area contributed by atoms with E-state index in [4.69, 9.17) is 4.74 Å². The molecule has 1 unspecified atom stereocenters. The molecular formula is C8H12INO3S. The molecule has 14 heavy (non-hydrogen) atoms. The zero-order valence-corrected chi connectivity index (χ0v) is 10.8. The van der Waals surface area contributed by atoms with Gasteiger partial charge in [0, 0.05) is 35.0 Å². The van der Waals surface area contributed by atoms with Crippen LogP contribution in [0.15, 0.2) is 0 Å². The van der Waals surface area contributed by atoms with Crippen molar-refractivity contribution < 1.29 is 14.3 Å². The van der Waals surface area contributed by atoms with Crippen LogP contribution in [0.2, 0.25) is 0 Å². The lowest BCUT2D eigenvalue weighted by Crippen LogP contribution is -2.32. The molecule has 6 heteroatoms. The highest BCUT2D eigenvalue weighted by molar-refractivity contribution is 14.1. The van der Waals surface area contributed by atoms with Gasteiger partial charge >= 0.3 is 5.97 Å². The molecule has 0 radical (unpaired) electrons. The van der Waals surface area contributed by atoms with Crippen molar-refractivity contribution in [2.24, 2.45) is 0 Å². The van der Waals surface area contributed by atoms with Crippen LogP contribution in [-0.2, 0) is 14.3 Å². The molecule has 0 saturated carbocycles. The van der Waals surface area contributed by atoms with E-state index in [1.807, 2.05) is 22.9 Å². The molecular weight excluding hydrogens is 317 g/mol. The molecule has 80 valence electrons. The molecule has 0 amide bonds. The number of thioether (sulfide) groups is 1. The number of esters is 1. The Hall–Kier alpha value is 0.180. The molecule has 0 aromatic heterocycles. The Kier molecular flexibility index (Phi) is 5.18. The Labute approximate surface area is 101 Å². The number of carbonyl (C=O) groups is 2. The fourth-order valence-electron chi connectivity index (χ4n) is 1.07. The summed E-state index contributed by atoms with van der Waals surface area (Å²) in [6, 6.07) is -0.172.